The fraction of sp³-hybridized carbons (Fsp3) is 0.458. The lowest BCUT2D eigenvalue weighted by Crippen LogP contribution is -2.58. The molecule has 9 N–H and O–H groups in total. The van der Waals surface area contributed by atoms with E-state index >= 15 is 0 Å². The van der Waals surface area contributed by atoms with Crippen molar-refractivity contribution < 1.29 is 100 Å². The lowest BCUT2D eigenvalue weighted by atomic mass is 9.47. The highest BCUT2D eigenvalue weighted by molar-refractivity contribution is 7.85. The number of nitrogens with one attached hydrogen (secondary N) is 4. The Balaban J connectivity index is 0.713. The van der Waals surface area contributed by atoms with Gasteiger partial charge in [-0.3, -0.25) is 43.4 Å². The van der Waals surface area contributed by atoms with E-state index in [4.69, 9.17) is 38.5 Å². The maximum absolute atomic E-state index is 13.9. The molecule has 4 aromatic heterocycles. The second-order valence-electron chi connectivity index (χ2n) is 28.4. The van der Waals surface area contributed by atoms with Crippen LogP contribution in [0.25, 0.3) is 43.6 Å². The molecule has 11 rings (SSSR count). The number of nitrogens with zero attached hydrogens (tertiary/aromatic N) is 6. The molecule has 0 radical (unpaired) electrons. The van der Waals surface area contributed by atoms with Crippen LogP contribution in [0.5, 0.6) is 11.5 Å². The van der Waals surface area contributed by atoms with Gasteiger partial charge in [-0.1, -0.05) is 63.3 Å². The van der Waals surface area contributed by atoms with Crippen molar-refractivity contribution in [3.8, 4) is 34.0 Å². The number of rotatable bonds is 31. The molecule has 8 atom stereocenters. The average molecular weight is 1490 g/mol. The summed E-state index contributed by atoms with van der Waals surface area (Å²) in [5.41, 5.74) is 3.40. The monoisotopic (exact) mass is 1490 g/mol. The zero-order valence-electron chi connectivity index (χ0n) is 58.6. The van der Waals surface area contributed by atoms with Gasteiger partial charge in [-0.2, -0.15) is 13.5 Å². The number of pyridine rings is 1. The third-order valence-electron chi connectivity index (χ3n) is 19.4. The second kappa shape index (κ2) is 31.5. The third-order valence-corrected chi connectivity index (χ3v) is 21.1. The topological polar surface area (TPSA) is 429 Å². The number of fused-ring (bicyclic) bond motifs is 4. The molecule has 4 aliphatic rings. The van der Waals surface area contributed by atoms with Gasteiger partial charge in [-0.25, -0.2) is 24.4 Å². The molecule has 33 heteroatoms. The first kappa shape index (κ1) is 76.4. The van der Waals surface area contributed by atoms with Crippen LogP contribution >= 0.6 is 11.3 Å². The van der Waals surface area contributed by atoms with Crippen molar-refractivity contribution in [2.24, 2.45) is 16.2 Å². The quantitative estimate of drug-likeness (QED) is 0.0121. The van der Waals surface area contributed by atoms with Gasteiger partial charge in [0.2, 0.25) is 18.1 Å². The van der Waals surface area contributed by atoms with E-state index in [2.05, 4.69) is 53.6 Å². The van der Waals surface area contributed by atoms with Crippen LogP contribution in [-0.4, -0.2) is 211 Å². The molecule has 2 aliphatic heterocycles. The number of aromatic nitrogens is 5. The lowest BCUT2D eigenvalue weighted by molar-refractivity contribution is -0.228. The van der Waals surface area contributed by atoms with Gasteiger partial charge in [0.15, 0.2) is 16.9 Å². The van der Waals surface area contributed by atoms with Crippen LogP contribution < -0.4 is 25.4 Å². The lowest BCUT2D eigenvalue weighted by Gasteiger charge is -2.62. The third kappa shape index (κ3) is 18.3. The molecule has 2 saturated carbocycles. The number of carboxylic acid groups (broad SMARTS) is 2. The smallest absolute Gasteiger partial charge is 0.409 e. The SMILES string of the molecule is CCC1(Cn2ncc(-c3ccc(-c4cc5cccc(C(=O)Nc6nc7ccccc7s6)c5[nH]4)nc3C(=O)O)c2C)CC2(C)CC(C)(C)CC(OCCN(C)C(=O)OCc3ccc(O[C@H]4C[C@@H](O)[C@H](O)[C@@H](C(=O)O)O4)cc3OCCOCCNC(=O)[C@H](CS(=O)(=O)O)NC(=O)CCN3C(=O)C=CC3=O)(C2)C1. The molecule has 0 spiro atoms. The molecule has 2 bridgehead atoms. The molecule has 3 fully saturated rings. The van der Waals surface area contributed by atoms with Crippen LogP contribution in [-0.2, 0) is 66.2 Å². The van der Waals surface area contributed by atoms with E-state index in [9.17, 15) is 71.8 Å². The largest absolute Gasteiger partial charge is 0.491 e. The highest BCUT2D eigenvalue weighted by Gasteiger charge is 2.59. The van der Waals surface area contributed by atoms with Crippen LogP contribution in [0.2, 0.25) is 0 Å². The van der Waals surface area contributed by atoms with Crippen LogP contribution in [0.1, 0.15) is 111 Å². The Labute approximate surface area is 607 Å². The number of aromatic carboxylic acids is 1. The van der Waals surface area contributed by atoms with Gasteiger partial charge in [0.05, 0.1) is 70.4 Å². The van der Waals surface area contributed by atoms with E-state index in [-0.39, 0.29) is 98.4 Å². The van der Waals surface area contributed by atoms with Crippen molar-refractivity contribution in [1.82, 2.24) is 45.2 Å². The number of anilines is 1. The highest BCUT2D eigenvalue weighted by atomic mass is 32.2. The van der Waals surface area contributed by atoms with E-state index < -0.39 is 100 Å². The van der Waals surface area contributed by atoms with Crippen molar-refractivity contribution in [3.63, 3.8) is 0 Å². The summed E-state index contributed by atoms with van der Waals surface area (Å²) in [6.45, 7) is 10.4. The molecule has 6 heterocycles. The predicted molar refractivity (Wildman–Crippen MR) is 379 cm³/mol. The van der Waals surface area contributed by atoms with E-state index in [0.717, 1.165) is 70.5 Å². The number of para-hydroxylation sites is 2. The Hall–Kier alpha value is -9.74. The molecule has 105 heavy (non-hydrogen) atoms. The van der Waals surface area contributed by atoms with Crippen LogP contribution in [0.4, 0.5) is 9.93 Å². The summed E-state index contributed by atoms with van der Waals surface area (Å²) >= 11 is 1.37. The fourth-order valence-electron chi connectivity index (χ4n) is 15.4. The number of carbonyl (C=O) groups excluding carboxylic acids is 6. The van der Waals surface area contributed by atoms with Crippen LogP contribution in [0.15, 0.2) is 97.2 Å². The summed E-state index contributed by atoms with van der Waals surface area (Å²) in [5, 5.41) is 54.7. The number of likely N-dealkylation sites (N-methyl/N-ethyl adjacent to an activating group) is 1. The molecule has 6 amide bonds. The van der Waals surface area contributed by atoms with Crippen molar-refractivity contribution in [1.29, 1.82) is 0 Å². The molecule has 1 saturated heterocycles. The minimum Gasteiger partial charge on any atom is -0.491 e. The van der Waals surface area contributed by atoms with Crippen molar-refractivity contribution >= 4 is 95.3 Å². The summed E-state index contributed by atoms with van der Waals surface area (Å²) in [4.78, 5) is 117. The molecule has 3 unspecified atom stereocenters. The maximum atomic E-state index is 13.9. The van der Waals surface area contributed by atoms with Crippen molar-refractivity contribution in [2.75, 3.05) is 64.2 Å². The number of carboxylic acids is 2. The van der Waals surface area contributed by atoms with E-state index in [1.807, 2.05) is 48.0 Å². The number of H-pyrrole nitrogens is 1. The zero-order chi connectivity index (χ0) is 75.3. The number of benzene rings is 3. The van der Waals surface area contributed by atoms with Gasteiger partial charge >= 0.3 is 18.0 Å². The first-order valence-corrected chi connectivity index (χ1v) is 36.6. The second-order valence-corrected chi connectivity index (χ2v) is 30.9. The van der Waals surface area contributed by atoms with Gasteiger partial charge in [-0.05, 0) is 110 Å². The summed E-state index contributed by atoms with van der Waals surface area (Å²) in [6.07, 6.45) is 0.769. The predicted octanol–water partition coefficient (Wildman–Crippen LogP) is 6.89. The molecule has 2 aliphatic carbocycles. The zero-order valence-corrected chi connectivity index (χ0v) is 60.3. The highest BCUT2D eigenvalue weighted by Crippen LogP contribution is 2.64. The number of carbonyl (C=O) groups is 8. The van der Waals surface area contributed by atoms with E-state index in [1.165, 1.54) is 34.4 Å². The number of ether oxygens (including phenoxy) is 6. The van der Waals surface area contributed by atoms with Crippen molar-refractivity contribution in [2.45, 2.75) is 135 Å². The molecular weight excluding hydrogens is 1400 g/mol. The van der Waals surface area contributed by atoms with Gasteiger partial charge in [0, 0.05) is 92.1 Å². The number of aliphatic carboxylic acids is 1. The number of hydrogen-bond donors (Lipinski definition) is 9. The summed E-state index contributed by atoms with van der Waals surface area (Å²) in [7, 11) is -3.20. The normalized spacial score (nSPS) is 22.4. The molecular formula is C72H84N10O21S2. The number of aliphatic hydroxyl groups is 2. The van der Waals surface area contributed by atoms with Crippen molar-refractivity contribution in [3.05, 3.63) is 120 Å². The summed E-state index contributed by atoms with van der Waals surface area (Å²) < 4.78 is 71.9. The number of hydrogen-bond acceptors (Lipinski definition) is 22. The number of thiazole rings is 1. The first-order valence-electron chi connectivity index (χ1n) is 34.2. The Morgan fingerprint density at radius 3 is 2.39 bits per heavy atom. The van der Waals surface area contributed by atoms with Gasteiger partial charge < -0.3 is 69.4 Å². The van der Waals surface area contributed by atoms with E-state index in [1.54, 1.807) is 37.5 Å². The van der Waals surface area contributed by atoms with Crippen LogP contribution in [0, 0.1) is 23.2 Å². The average Bonchev–Trinajstić information content (AvgIpc) is 0.901. The Morgan fingerprint density at radius 1 is 0.886 bits per heavy atom. The summed E-state index contributed by atoms with van der Waals surface area (Å²) in [5.74, 6) is -7.26. The minimum absolute atomic E-state index is 0.0809. The molecule has 31 nitrogen and oxygen atoms in total. The Bertz CT molecular complexity index is 4580. The van der Waals surface area contributed by atoms with Gasteiger partial charge in [0.1, 0.15) is 42.6 Å². The number of amides is 6. The van der Waals surface area contributed by atoms with Gasteiger partial charge in [0.25, 0.3) is 27.8 Å². The minimum atomic E-state index is -4.79. The summed E-state index contributed by atoms with van der Waals surface area (Å²) in [6, 6.07) is 20.9. The number of aliphatic hydroxyl groups excluding tert-OH is 2. The van der Waals surface area contributed by atoms with E-state index in [0.29, 0.717) is 57.3 Å². The van der Waals surface area contributed by atoms with Crippen LogP contribution in [0.3, 0.4) is 0 Å². The Morgan fingerprint density at radius 2 is 1.66 bits per heavy atom. The van der Waals surface area contributed by atoms with Gasteiger partial charge in [-0.15, -0.1) is 0 Å². The first-order chi connectivity index (χ1) is 49.8. The molecule has 7 aromatic rings. The number of aromatic amines is 1. The molecule has 3 aromatic carbocycles. The molecule has 560 valence electrons. The standard InChI is InChI=1S/C72H84N10O21S2/c1-7-71(40-82-41(2)47(32-74-82)45-17-18-48(76-60(45)65(90)91)50-29-42-11-10-12-46(59(42)77-50)63(88)79-67-78-49-13-8-9-14-54(49)104-67)37-70(5)35-69(3,4)36-72(38-70,39-71)101-26-24-80(6)68(94)100-33-43-15-16-44(102-58-31-52(83)61(87)62(103-58)66(92)93)30-53(43)99-28-27-98-25-22-73-64(89)51(34-105(95,96)97)75-55(84)21-23-81-56(85)19-20-57(81)86/h8-20,29-30,32,51-52,58,61-62,77,83,87H,7,21-28,31,33-40H2,1-6H3,(H,73,89)(H,75,84)(H,90,91)(H,92,93)(H,78,79,88)(H,95,96,97)/t51-,52+,58+,61-,62-,70?,71?,72?/m0/s1. The fourth-order valence-corrected chi connectivity index (χ4v) is 16.9. The maximum Gasteiger partial charge on any atom is 0.409 e. The number of imide groups is 1. The Kier molecular flexibility index (Phi) is 22.9.